The Labute approximate surface area is 106 Å². The van der Waals surface area contributed by atoms with Gasteiger partial charge in [-0.05, 0) is 12.1 Å². The van der Waals surface area contributed by atoms with Gasteiger partial charge >= 0.3 is 0 Å². The molecule has 0 fully saturated rings. The van der Waals surface area contributed by atoms with Gasteiger partial charge in [0.1, 0.15) is 10.8 Å². The quantitative estimate of drug-likeness (QED) is 0.505. The Balaban J connectivity index is 2.11. The number of pyridine rings is 1. The van der Waals surface area contributed by atoms with Gasteiger partial charge in [0.25, 0.3) is 11.6 Å². The second kappa shape index (κ2) is 4.84. The number of carbonyl (C=O) groups is 1. The van der Waals surface area contributed by atoms with Gasteiger partial charge in [-0.1, -0.05) is 11.6 Å². The number of anilines is 1. The number of carbonyl (C=O) groups excluding carboxylic acids is 1. The molecule has 7 nitrogen and oxygen atoms in total. The second-order valence-electron chi connectivity index (χ2n) is 3.35. The lowest BCUT2D eigenvalue weighted by Gasteiger charge is -2.02. The zero-order valence-corrected chi connectivity index (χ0v) is 9.64. The van der Waals surface area contributed by atoms with Crippen molar-refractivity contribution in [3.63, 3.8) is 0 Å². The molecule has 0 aliphatic carbocycles. The van der Waals surface area contributed by atoms with Gasteiger partial charge < -0.3 is 10.3 Å². The van der Waals surface area contributed by atoms with Gasteiger partial charge in [0.15, 0.2) is 0 Å². The molecule has 2 heterocycles. The summed E-state index contributed by atoms with van der Waals surface area (Å²) in [5, 5.41) is 13.3. The van der Waals surface area contributed by atoms with Gasteiger partial charge in [0, 0.05) is 6.07 Å². The predicted molar refractivity (Wildman–Crippen MR) is 64.6 cm³/mol. The first-order valence-corrected chi connectivity index (χ1v) is 5.20. The van der Waals surface area contributed by atoms with E-state index in [1.54, 1.807) is 6.07 Å². The van der Waals surface area contributed by atoms with Crippen molar-refractivity contribution >= 4 is 28.9 Å². The third-order valence-corrected chi connectivity index (χ3v) is 2.33. The van der Waals surface area contributed by atoms with Crippen molar-refractivity contribution in [2.75, 3.05) is 5.32 Å². The lowest BCUT2D eigenvalue weighted by atomic mass is 10.3. The van der Waals surface area contributed by atoms with Gasteiger partial charge in [-0.2, -0.15) is 0 Å². The van der Waals surface area contributed by atoms with Crippen LogP contribution < -0.4 is 5.32 Å². The number of nitrogens with one attached hydrogen (secondary N) is 2. The first kappa shape index (κ1) is 12.1. The Morgan fingerprint density at radius 2 is 2.28 bits per heavy atom. The van der Waals surface area contributed by atoms with E-state index in [0.29, 0.717) is 10.8 Å². The molecule has 1 amide bonds. The van der Waals surface area contributed by atoms with E-state index >= 15 is 0 Å². The number of nitrogens with zero attached hydrogens (tertiary/aromatic N) is 2. The minimum Gasteiger partial charge on any atom is -0.351 e. The highest BCUT2D eigenvalue weighted by atomic mass is 35.5. The van der Waals surface area contributed by atoms with Gasteiger partial charge in [0.05, 0.1) is 23.0 Å². The fourth-order valence-corrected chi connectivity index (χ4v) is 1.38. The molecule has 0 radical (unpaired) electrons. The molecular formula is C10H7ClN4O3. The van der Waals surface area contributed by atoms with Crippen molar-refractivity contribution in [1.29, 1.82) is 0 Å². The van der Waals surface area contributed by atoms with Crippen LogP contribution >= 0.6 is 11.6 Å². The van der Waals surface area contributed by atoms with E-state index in [2.05, 4.69) is 15.3 Å². The minimum absolute atomic E-state index is 0.0941. The van der Waals surface area contributed by atoms with E-state index in [1.807, 2.05) is 0 Å². The van der Waals surface area contributed by atoms with Gasteiger partial charge in [-0.3, -0.25) is 14.9 Å². The van der Waals surface area contributed by atoms with Crippen LogP contribution in [0.2, 0.25) is 5.15 Å². The summed E-state index contributed by atoms with van der Waals surface area (Å²) < 4.78 is 0. The van der Waals surface area contributed by atoms with Crippen LogP contribution in [0, 0.1) is 10.1 Å². The smallest absolute Gasteiger partial charge is 0.287 e. The highest BCUT2D eigenvalue weighted by molar-refractivity contribution is 6.29. The maximum atomic E-state index is 11.7. The molecule has 0 unspecified atom stereocenters. The van der Waals surface area contributed by atoms with E-state index in [9.17, 15) is 14.9 Å². The summed E-state index contributed by atoms with van der Waals surface area (Å²) in [6, 6.07) is 4.25. The molecule has 8 heteroatoms. The molecular weight excluding hydrogens is 260 g/mol. The molecule has 0 atom stereocenters. The van der Waals surface area contributed by atoms with Crippen LogP contribution in [-0.2, 0) is 0 Å². The van der Waals surface area contributed by atoms with E-state index in [-0.39, 0.29) is 11.4 Å². The minimum atomic E-state index is -0.586. The molecule has 92 valence electrons. The monoisotopic (exact) mass is 266 g/mol. The standard InChI is InChI=1S/C10H7ClN4O3/c11-9-2-1-6(4-13-9)14-10(16)8-3-7(5-12-8)15(17)18/h1-5,12H,(H,14,16). The summed E-state index contributed by atoms with van der Waals surface area (Å²) in [6.45, 7) is 0. The number of hydrogen-bond donors (Lipinski definition) is 2. The van der Waals surface area contributed by atoms with Crippen LogP contribution in [0.5, 0.6) is 0 Å². The topological polar surface area (TPSA) is 101 Å². The summed E-state index contributed by atoms with van der Waals surface area (Å²) in [5.41, 5.74) is 0.368. The average Bonchev–Trinajstić information content (AvgIpc) is 2.81. The third kappa shape index (κ3) is 2.64. The Hall–Kier alpha value is -2.41. The Kier molecular flexibility index (Phi) is 3.24. The Morgan fingerprint density at radius 1 is 1.50 bits per heavy atom. The van der Waals surface area contributed by atoms with Crippen LogP contribution in [0.15, 0.2) is 30.6 Å². The zero-order chi connectivity index (χ0) is 13.1. The van der Waals surface area contributed by atoms with Crippen LogP contribution in [-0.4, -0.2) is 20.8 Å². The van der Waals surface area contributed by atoms with Crippen LogP contribution in [0.1, 0.15) is 10.5 Å². The molecule has 2 rings (SSSR count). The van der Waals surface area contributed by atoms with Crippen molar-refractivity contribution in [1.82, 2.24) is 9.97 Å². The normalized spacial score (nSPS) is 10.1. The summed E-state index contributed by atoms with van der Waals surface area (Å²) in [6.07, 6.45) is 2.53. The molecule has 0 saturated carbocycles. The first-order chi connectivity index (χ1) is 8.56. The number of rotatable bonds is 3. The third-order valence-electron chi connectivity index (χ3n) is 2.11. The SMILES string of the molecule is O=C(Nc1ccc(Cl)nc1)c1cc([N+](=O)[O-])c[nH]1. The second-order valence-corrected chi connectivity index (χ2v) is 3.74. The number of nitro groups is 1. The molecule has 0 bridgehead atoms. The van der Waals surface area contributed by atoms with E-state index in [4.69, 9.17) is 11.6 Å². The molecule has 0 aliphatic rings. The summed E-state index contributed by atoms with van der Waals surface area (Å²) in [7, 11) is 0. The van der Waals surface area contributed by atoms with E-state index in [0.717, 1.165) is 12.3 Å². The van der Waals surface area contributed by atoms with Crippen molar-refractivity contribution in [2.24, 2.45) is 0 Å². The zero-order valence-electron chi connectivity index (χ0n) is 8.88. The number of aromatic amines is 1. The number of halogens is 1. The number of H-pyrrole nitrogens is 1. The van der Waals surface area contributed by atoms with Crippen LogP contribution in [0.25, 0.3) is 0 Å². The molecule has 2 N–H and O–H groups in total. The van der Waals surface area contributed by atoms with E-state index in [1.165, 1.54) is 12.3 Å². The van der Waals surface area contributed by atoms with Crippen molar-refractivity contribution in [2.45, 2.75) is 0 Å². The van der Waals surface area contributed by atoms with Crippen molar-refractivity contribution in [3.8, 4) is 0 Å². The number of hydrogen-bond acceptors (Lipinski definition) is 4. The Morgan fingerprint density at radius 3 is 2.83 bits per heavy atom. The summed E-state index contributed by atoms with van der Waals surface area (Å²) in [5.74, 6) is -0.493. The van der Waals surface area contributed by atoms with Crippen molar-refractivity contribution < 1.29 is 9.72 Å². The maximum absolute atomic E-state index is 11.7. The molecule has 2 aromatic rings. The van der Waals surface area contributed by atoms with Crippen LogP contribution in [0.4, 0.5) is 11.4 Å². The molecule has 0 aliphatic heterocycles. The van der Waals surface area contributed by atoms with Gasteiger partial charge in [-0.15, -0.1) is 0 Å². The first-order valence-electron chi connectivity index (χ1n) is 4.82. The van der Waals surface area contributed by atoms with Crippen molar-refractivity contribution in [3.05, 3.63) is 51.6 Å². The highest BCUT2D eigenvalue weighted by Gasteiger charge is 2.14. The fourth-order valence-electron chi connectivity index (χ4n) is 1.27. The number of amides is 1. The average molecular weight is 267 g/mol. The number of aromatic nitrogens is 2. The molecule has 18 heavy (non-hydrogen) atoms. The van der Waals surface area contributed by atoms with Gasteiger partial charge in [0.2, 0.25) is 0 Å². The highest BCUT2D eigenvalue weighted by Crippen LogP contribution is 2.14. The lowest BCUT2D eigenvalue weighted by Crippen LogP contribution is -2.12. The fraction of sp³-hybridized carbons (Fsp3) is 0. The lowest BCUT2D eigenvalue weighted by molar-refractivity contribution is -0.384. The summed E-state index contributed by atoms with van der Waals surface area (Å²) >= 11 is 5.60. The maximum Gasteiger partial charge on any atom is 0.287 e. The summed E-state index contributed by atoms with van der Waals surface area (Å²) in [4.78, 5) is 27.9. The molecule has 2 aromatic heterocycles. The largest absolute Gasteiger partial charge is 0.351 e. The molecule has 0 saturated heterocycles. The van der Waals surface area contributed by atoms with E-state index < -0.39 is 10.8 Å². The molecule has 0 spiro atoms. The Bertz CT molecular complexity index is 593. The van der Waals surface area contributed by atoms with Crippen LogP contribution in [0.3, 0.4) is 0 Å². The molecule has 0 aromatic carbocycles. The predicted octanol–water partition coefficient (Wildman–Crippen LogP) is 2.22. The van der Waals surface area contributed by atoms with Gasteiger partial charge in [-0.25, -0.2) is 4.98 Å².